The highest BCUT2D eigenvalue weighted by atomic mass is 16.6. The van der Waals surface area contributed by atoms with E-state index >= 15 is 0 Å². The van der Waals surface area contributed by atoms with Crippen molar-refractivity contribution >= 4 is 12.1 Å². The van der Waals surface area contributed by atoms with E-state index in [1.807, 2.05) is 0 Å². The summed E-state index contributed by atoms with van der Waals surface area (Å²) in [6.45, 7) is 6.74. The van der Waals surface area contributed by atoms with Gasteiger partial charge in [0, 0.05) is 0 Å². The quantitative estimate of drug-likeness (QED) is 0.695. The first-order chi connectivity index (χ1) is 7.69. The summed E-state index contributed by atoms with van der Waals surface area (Å²) >= 11 is 0. The van der Waals surface area contributed by atoms with Crippen molar-refractivity contribution in [1.82, 2.24) is 5.32 Å². The third-order valence-electron chi connectivity index (χ3n) is 2.23. The first-order valence-corrected chi connectivity index (χ1v) is 5.56. The van der Waals surface area contributed by atoms with E-state index in [-0.39, 0.29) is 6.42 Å². The maximum Gasteiger partial charge on any atom is 0.408 e. The number of hydrogen-bond donors (Lipinski definition) is 2. The lowest BCUT2D eigenvalue weighted by atomic mass is 10.1. The number of esters is 1. The normalized spacial score (nSPS) is 26.3. The van der Waals surface area contributed by atoms with E-state index in [2.05, 4.69) is 5.32 Å². The predicted molar refractivity (Wildman–Crippen MR) is 59.3 cm³/mol. The summed E-state index contributed by atoms with van der Waals surface area (Å²) in [5, 5.41) is 11.9. The van der Waals surface area contributed by atoms with Crippen LogP contribution in [-0.4, -0.2) is 41.0 Å². The van der Waals surface area contributed by atoms with Crippen molar-refractivity contribution in [1.29, 1.82) is 0 Å². The van der Waals surface area contributed by atoms with Crippen LogP contribution < -0.4 is 5.32 Å². The number of amides is 1. The molecule has 6 heteroatoms. The van der Waals surface area contributed by atoms with Gasteiger partial charge in [-0.05, 0) is 27.7 Å². The number of carbonyl (C=O) groups excluding carboxylic acids is 2. The van der Waals surface area contributed by atoms with Gasteiger partial charge in [0.2, 0.25) is 0 Å². The zero-order valence-corrected chi connectivity index (χ0v) is 10.5. The number of hydrogen-bond acceptors (Lipinski definition) is 5. The zero-order valence-electron chi connectivity index (χ0n) is 10.5. The summed E-state index contributed by atoms with van der Waals surface area (Å²) in [7, 11) is 0. The standard InChI is InChI=1S/C11H19NO5/c1-6(13)9-7(5-8(14)16-9)12-10(15)17-11(2,3)4/h6-7,9,13H,5H2,1-4H3,(H,12,15)/t6-,7-,9+/m0/s1. The van der Waals surface area contributed by atoms with Gasteiger partial charge in [0.1, 0.15) is 11.7 Å². The minimum atomic E-state index is -0.832. The molecule has 3 atom stereocenters. The van der Waals surface area contributed by atoms with Gasteiger partial charge in [0.15, 0.2) is 0 Å². The molecule has 0 saturated carbocycles. The molecule has 1 saturated heterocycles. The molecule has 0 unspecified atom stereocenters. The molecule has 0 aliphatic carbocycles. The fraction of sp³-hybridized carbons (Fsp3) is 0.818. The first kappa shape index (κ1) is 13.8. The Balaban J connectivity index is 2.55. The van der Waals surface area contributed by atoms with Crippen LogP contribution in [0.4, 0.5) is 4.79 Å². The van der Waals surface area contributed by atoms with E-state index in [1.54, 1.807) is 20.8 Å². The van der Waals surface area contributed by atoms with Gasteiger partial charge in [-0.25, -0.2) is 4.79 Å². The number of ether oxygens (including phenoxy) is 2. The molecule has 17 heavy (non-hydrogen) atoms. The minimum absolute atomic E-state index is 0.0504. The molecule has 1 fully saturated rings. The van der Waals surface area contributed by atoms with Gasteiger partial charge in [0.25, 0.3) is 0 Å². The summed E-state index contributed by atoms with van der Waals surface area (Å²) in [5.74, 6) is -0.433. The molecule has 6 nitrogen and oxygen atoms in total. The van der Waals surface area contributed by atoms with E-state index in [4.69, 9.17) is 9.47 Å². The van der Waals surface area contributed by atoms with E-state index in [9.17, 15) is 14.7 Å². The van der Waals surface area contributed by atoms with E-state index in [1.165, 1.54) is 6.92 Å². The molecule has 1 amide bonds. The molecule has 0 aromatic rings. The van der Waals surface area contributed by atoms with Crippen molar-refractivity contribution in [2.45, 2.75) is 58.0 Å². The van der Waals surface area contributed by atoms with Crippen molar-refractivity contribution in [2.24, 2.45) is 0 Å². The molecule has 2 N–H and O–H groups in total. The van der Waals surface area contributed by atoms with Gasteiger partial charge >= 0.3 is 12.1 Å². The second-order valence-corrected chi connectivity index (χ2v) is 5.15. The number of cyclic esters (lactones) is 1. The number of aliphatic hydroxyl groups is 1. The highest BCUT2D eigenvalue weighted by molar-refractivity contribution is 5.75. The van der Waals surface area contributed by atoms with Crippen LogP contribution in [0.3, 0.4) is 0 Å². The summed E-state index contributed by atoms with van der Waals surface area (Å²) in [6.07, 6.45) is -2.11. The van der Waals surface area contributed by atoms with Gasteiger partial charge < -0.3 is 19.9 Å². The van der Waals surface area contributed by atoms with Gasteiger partial charge in [0.05, 0.1) is 18.6 Å². The molecular formula is C11H19NO5. The van der Waals surface area contributed by atoms with Gasteiger partial charge in [-0.15, -0.1) is 0 Å². The molecule has 0 spiro atoms. The van der Waals surface area contributed by atoms with Crippen LogP contribution in [-0.2, 0) is 14.3 Å². The fourth-order valence-corrected chi connectivity index (χ4v) is 1.60. The summed E-state index contributed by atoms with van der Waals surface area (Å²) in [5.41, 5.74) is -0.603. The Bertz CT molecular complexity index is 307. The molecule has 0 aromatic carbocycles. The Morgan fingerprint density at radius 1 is 1.59 bits per heavy atom. The second-order valence-electron chi connectivity index (χ2n) is 5.15. The Kier molecular flexibility index (Phi) is 3.98. The average Bonchev–Trinajstić information content (AvgIpc) is 2.42. The van der Waals surface area contributed by atoms with E-state index in [0.29, 0.717) is 0 Å². The Labute approximate surface area is 100 Å². The monoisotopic (exact) mass is 245 g/mol. The van der Waals surface area contributed by atoms with Crippen LogP contribution in [0.1, 0.15) is 34.1 Å². The van der Waals surface area contributed by atoms with E-state index in [0.717, 1.165) is 0 Å². The average molecular weight is 245 g/mol. The van der Waals surface area contributed by atoms with Gasteiger partial charge in [-0.2, -0.15) is 0 Å². The topological polar surface area (TPSA) is 84.9 Å². The maximum absolute atomic E-state index is 11.5. The van der Waals surface area contributed by atoms with Crippen molar-refractivity contribution in [3.8, 4) is 0 Å². The molecule has 1 heterocycles. The number of alkyl carbamates (subject to hydrolysis) is 1. The molecular weight excluding hydrogens is 226 g/mol. The van der Waals surface area contributed by atoms with Crippen molar-refractivity contribution in [3.63, 3.8) is 0 Å². The van der Waals surface area contributed by atoms with Crippen molar-refractivity contribution < 1.29 is 24.2 Å². The number of rotatable bonds is 2. The smallest absolute Gasteiger partial charge is 0.408 e. The minimum Gasteiger partial charge on any atom is -0.457 e. The number of nitrogens with one attached hydrogen (secondary N) is 1. The van der Waals surface area contributed by atoms with Crippen LogP contribution in [0.5, 0.6) is 0 Å². The largest absolute Gasteiger partial charge is 0.457 e. The molecule has 0 aromatic heterocycles. The van der Waals surface area contributed by atoms with Crippen LogP contribution >= 0.6 is 0 Å². The van der Waals surface area contributed by atoms with E-state index < -0.39 is 35.9 Å². The van der Waals surface area contributed by atoms with Gasteiger partial charge in [-0.3, -0.25) is 4.79 Å². The lowest BCUT2D eigenvalue weighted by Crippen LogP contribution is -2.46. The first-order valence-electron chi connectivity index (χ1n) is 5.56. The van der Waals surface area contributed by atoms with Crippen LogP contribution in [0.15, 0.2) is 0 Å². The van der Waals surface area contributed by atoms with Gasteiger partial charge in [-0.1, -0.05) is 0 Å². The molecule has 1 aliphatic rings. The summed E-state index contributed by atoms with van der Waals surface area (Å²) < 4.78 is 9.97. The highest BCUT2D eigenvalue weighted by Crippen LogP contribution is 2.19. The Hall–Kier alpha value is -1.30. The maximum atomic E-state index is 11.5. The molecule has 0 radical (unpaired) electrons. The van der Waals surface area contributed by atoms with Crippen LogP contribution in [0, 0.1) is 0 Å². The predicted octanol–water partition coefficient (Wildman–Crippen LogP) is 0.576. The summed E-state index contributed by atoms with van der Waals surface area (Å²) in [6, 6.07) is -0.544. The number of aliphatic hydroxyl groups excluding tert-OH is 1. The third-order valence-corrected chi connectivity index (χ3v) is 2.23. The third kappa shape index (κ3) is 4.22. The molecule has 98 valence electrons. The number of carbonyl (C=O) groups is 2. The molecule has 1 aliphatic heterocycles. The second kappa shape index (κ2) is 4.91. The molecule has 0 bridgehead atoms. The SMILES string of the molecule is C[C@H](O)[C@H]1OC(=O)C[C@@H]1NC(=O)OC(C)(C)C. The fourth-order valence-electron chi connectivity index (χ4n) is 1.60. The Morgan fingerprint density at radius 3 is 2.65 bits per heavy atom. The van der Waals surface area contributed by atoms with Crippen LogP contribution in [0.2, 0.25) is 0 Å². The lowest BCUT2D eigenvalue weighted by molar-refractivity contribution is -0.145. The van der Waals surface area contributed by atoms with Crippen LogP contribution in [0.25, 0.3) is 0 Å². The zero-order chi connectivity index (χ0) is 13.2. The van der Waals surface area contributed by atoms with Crippen molar-refractivity contribution in [2.75, 3.05) is 0 Å². The highest BCUT2D eigenvalue weighted by Gasteiger charge is 2.39. The lowest BCUT2D eigenvalue weighted by Gasteiger charge is -2.24. The Morgan fingerprint density at radius 2 is 2.18 bits per heavy atom. The summed E-state index contributed by atoms with van der Waals surface area (Å²) in [4.78, 5) is 22.6. The van der Waals surface area contributed by atoms with Crippen molar-refractivity contribution in [3.05, 3.63) is 0 Å². The molecule has 1 rings (SSSR count).